The molecule has 0 radical (unpaired) electrons. The average Bonchev–Trinajstić information content (AvgIpc) is 2.35. The van der Waals surface area contributed by atoms with E-state index in [1.807, 2.05) is 0 Å². The Morgan fingerprint density at radius 2 is 1.44 bits per heavy atom. The zero-order valence-corrected chi connectivity index (χ0v) is 12.0. The van der Waals surface area contributed by atoms with Crippen molar-refractivity contribution in [1.82, 2.24) is 9.80 Å². The van der Waals surface area contributed by atoms with Gasteiger partial charge in [0.2, 0.25) is 0 Å². The molecule has 0 amide bonds. The van der Waals surface area contributed by atoms with E-state index in [0.717, 1.165) is 11.5 Å². The molecule has 0 N–H and O–H groups in total. The van der Waals surface area contributed by atoms with Crippen LogP contribution in [0, 0.1) is 5.41 Å². The molecule has 3 saturated carbocycles. The Hall–Kier alpha value is -0.0800. The van der Waals surface area contributed by atoms with Gasteiger partial charge in [0.05, 0.1) is 0 Å². The van der Waals surface area contributed by atoms with E-state index in [0.29, 0.717) is 5.54 Å². The lowest BCUT2D eigenvalue weighted by Gasteiger charge is -2.74. The third-order valence-electron chi connectivity index (χ3n) is 6.31. The van der Waals surface area contributed by atoms with Crippen LogP contribution in [-0.4, -0.2) is 47.6 Å². The highest BCUT2D eigenvalue weighted by molar-refractivity contribution is 5.22. The molecule has 5 fully saturated rings. The van der Waals surface area contributed by atoms with Crippen LogP contribution >= 0.6 is 0 Å². The number of rotatable bonds is 2. The molecule has 2 saturated heterocycles. The van der Waals surface area contributed by atoms with E-state index in [1.54, 1.807) is 0 Å². The smallest absolute Gasteiger partial charge is 0.0225 e. The molecule has 5 aliphatic rings. The summed E-state index contributed by atoms with van der Waals surface area (Å²) in [6.45, 7) is 8.02. The van der Waals surface area contributed by atoms with Crippen LogP contribution in [0.15, 0.2) is 0 Å². The number of nitrogens with zero attached hydrogens (tertiary/aromatic N) is 2. The van der Waals surface area contributed by atoms with Crippen molar-refractivity contribution in [3.8, 4) is 0 Å². The Bertz CT molecular complexity index is 304. The predicted octanol–water partition coefficient (Wildman–Crippen LogP) is 2.88. The average molecular weight is 248 g/mol. The van der Waals surface area contributed by atoms with Gasteiger partial charge in [-0.3, -0.25) is 4.90 Å². The first-order valence-electron chi connectivity index (χ1n) is 8.18. The molecule has 3 aliphatic carbocycles. The maximum atomic E-state index is 2.86. The Kier molecular flexibility index (Phi) is 2.58. The van der Waals surface area contributed by atoms with Crippen molar-refractivity contribution < 1.29 is 0 Å². The van der Waals surface area contributed by atoms with Crippen molar-refractivity contribution in [2.75, 3.05) is 26.2 Å². The van der Waals surface area contributed by atoms with Crippen LogP contribution in [-0.2, 0) is 0 Å². The number of piperidine rings is 2. The summed E-state index contributed by atoms with van der Waals surface area (Å²) >= 11 is 0. The van der Waals surface area contributed by atoms with Gasteiger partial charge in [0.15, 0.2) is 0 Å². The SMILES string of the molecule is CC12CC(N3CCC(N4CCCCC4)CC3)(C1)C2. The fourth-order valence-corrected chi connectivity index (χ4v) is 5.55. The van der Waals surface area contributed by atoms with Crippen LogP contribution in [0.3, 0.4) is 0 Å². The van der Waals surface area contributed by atoms with Gasteiger partial charge in [0.1, 0.15) is 0 Å². The molecule has 0 atom stereocenters. The van der Waals surface area contributed by atoms with E-state index in [9.17, 15) is 0 Å². The minimum absolute atomic E-state index is 0.696. The molecule has 0 spiro atoms. The minimum Gasteiger partial charge on any atom is -0.300 e. The van der Waals surface area contributed by atoms with Gasteiger partial charge in [-0.15, -0.1) is 0 Å². The van der Waals surface area contributed by atoms with Crippen molar-refractivity contribution in [2.24, 2.45) is 5.41 Å². The van der Waals surface area contributed by atoms with Gasteiger partial charge >= 0.3 is 0 Å². The molecule has 0 aromatic heterocycles. The Labute approximate surface area is 112 Å². The highest BCUT2D eigenvalue weighted by Crippen LogP contribution is 2.69. The van der Waals surface area contributed by atoms with E-state index in [1.165, 1.54) is 77.5 Å². The van der Waals surface area contributed by atoms with E-state index in [4.69, 9.17) is 0 Å². The van der Waals surface area contributed by atoms with Crippen molar-refractivity contribution in [3.63, 3.8) is 0 Å². The van der Waals surface area contributed by atoms with Gasteiger partial charge in [-0.2, -0.15) is 0 Å². The van der Waals surface area contributed by atoms with Gasteiger partial charge in [0, 0.05) is 24.7 Å². The lowest BCUT2D eigenvalue weighted by atomic mass is 9.39. The molecule has 0 aromatic rings. The van der Waals surface area contributed by atoms with Gasteiger partial charge in [-0.1, -0.05) is 13.3 Å². The summed E-state index contributed by atoms with van der Waals surface area (Å²) in [5.74, 6) is 0. The summed E-state index contributed by atoms with van der Waals surface area (Å²) in [5, 5.41) is 0. The summed E-state index contributed by atoms with van der Waals surface area (Å²) in [4.78, 5) is 5.66. The highest BCUT2D eigenvalue weighted by atomic mass is 15.3. The lowest BCUT2D eigenvalue weighted by Crippen LogP contribution is -2.74. The Morgan fingerprint density at radius 1 is 0.833 bits per heavy atom. The summed E-state index contributed by atoms with van der Waals surface area (Å²) in [6, 6.07) is 0.921. The second-order valence-electron chi connectivity index (χ2n) is 7.88. The van der Waals surface area contributed by atoms with Crippen LogP contribution in [0.4, 0.5) is 0 Å². The summed E-state index contributed by atoms with van der Waals surface area (Å²) in [5.41, 5.74) is 1.46. The van der Waals surface area contributed by atoms with E-state index in [-0.39, 0.29) is 0 Å². The normalized spacial score (nSPS) is 46.5. The Morgan fingerprint density at radius 3 is 2.00 bits per heavy atom. The first-order valence-corrected chi connectivity index (χ1v) is 8.18. The topological polar surface area (TPSA) is 6.48 Å². The zero-order chi connectivity index (χ0) is 12.2. The lowest BCUT2D eigenvalue weighted by molar-refractivity contribution is -0.216. The van der Waals surface area contributed by atoms with Crippen LogP contribution in [0.1, 0.15) is 58.3 Å². The van der Waals surface area contributed by atoms with Crippen molar-refractivity contribution >= 4 is 0 Å². The fourth-order valence-electron chi connectivity index (χ4n) is 5.55. The third kappa shape index (κ3) is 1.68. The van der Waals surface area contributed by atoms with Crippen molar-refractivity contribution in [2.45, 2.75) is 69.9 Å². The molecule has 18 heavy (non-hydrogen) atoms. The van der Waals surface area contributed by atoms with Crippen LogP contribution < -0.4 is 0 Å². The molecular formula is C16H28N2. The van der Waals surface area contributed by atoms with Crippen LogP contribution in [0.2, 0.25) is 0 Å². The van der Waals surface area contributed by atoms with Gasteiger partial charge in [-0.05, 0) is 63.5 Å². The van der Waals surface area contributed by atoms with Crippen molar-refractivity contribution in [1.29, 1.82) is 0 Å². The molecule has 2 bridgehead atoms. The second kappa shape index (κ2) is 3.96. The fraction of sp³-hybridized carbons (Fsp3) is 1.00. The molecular weight excluding hydrogens is 220 g/mol. The molecule has 0 aromatic carbocycles. The number of likely N-dealkylation sites (tertiary alicyclic amines) is 2. The van der Waals surface area contributed by atoms with E-state index >= 15 is 0 Å². The Balaban J connectivity index is 1.31. The molecule has 102 valence electrons. The van der Waals surface area contributed by atoms with Gasteiger partial charge < -0.3 is 4.90 Å². The van der Waals surface area contributed by atoms with E-state index in [2.05, 4.69) is 16.7 Å². The van der Waals surface area contributed by atoms with Crippen LogP contribution in [0.25, 0.3) is 0 Å². The summed E-state index contributed by atoms with van der Waals surface area (Å²) in [7, 11) is 0. The molecule has 2 nitrogen and oxygen atoms in total. The summed E-state index contributed by atoms with van der Waals surface area (Å²) < 4.78 is 0. The highest BCUT2D eigenvalue weighted by Gasteiger charge is 2.67. The monoisotopic (exact) mass is 248 g/mol. The van der Waals surface area contributed by atoms with Gasteiger partial charge in [0.25, 0.3) is 0 Å². The van der Waals surface area contributed by atoms with Crippen molar-refractivity contribution in [3.05, 3.63) is 0 Å². The minimum atomic E-state index is 0.696. The summed E-state index contributed by atoms with van der Waals surface area (Å²) in [6.07, 6.45) is 11.8. The van der Waals surface area contributed by atoms with E-state index < -0.39 is 0 Å². The van der Waals surface area contributed by atoms with Crippen LogP contribution in [0.5, 0.6) is 0 Å². The molecule has 0 unspecified atom stereocenters. The standard InChI is InChI=1S/C16H28N2/c1-15-11-16(12-15,13-15)18-9-5-14(6-10-18)17-7-3-2-4-8-17/h14H,2-13H2,1H3. The largest absolute Gasteiger partial charge is 0.300 e. The third-order valence-corrected chi connectivity index (χ3v) is 6.31. The van der Waals surface area contributed by atoms with Gasteiger partial charge in [-0.25, -0.2) is 0 Å². The molecule has 2 aliphatic heterocycles. The number of hydrogen-bond acceptors (Lipinski definition) is 2. The number of hydrogen-bond donors (Lipinski definition) is 0. The second-order valence-corrected chi connectivity index (χ2v) is 7.88. The zero-order valence-electron chi connectivity index (χ0n) is 12.0. The maximum Gasteiger partial charge on any atom is 0.0225 e. The quantitative estimate of drug-likeness (QED) is 0.741. The predicted molar refractivity (Wildman–Crippen MR) is 74.7 cm³/mol. The first-order chi connectivity index (χ1) is 8.69. The molecule has 2 heteroatoms. The maximum absolute atomic E-state index is 2.86. The molecule has 5 rings (SSSR count). The molecule has 2 heterocycles. The first kappa shape index (κ1) is 11.7.